The van der Waals surface area contributed by atoms with Gasteiger partial charge in [0.1, 0.15) is 5.69 Å². The monoisotopic (exact) mass is 513 g/mol. The number of halogens is 6. The smallest absolute Gasteiger partial charge is 0.306 e. The van der Waals surface area contributed by atoms with Crippen LogP contribution in [0.1, 0.15) is 23.4 Å². The molecular weight excluding hydrogens is 501 g/mol. The number of alkyl halides is 5. The lowest BCUT2D eigenvalue weighted by Gasteiger charge is -2.31. The Hall–Kier alpha value is -3.88. The number of fused-ring (bicyclic) bond motifs is 3. The second-order valence-corrected chi connectivity index (χ2v) is 8.11. The first-order chi connectivity index (χ1) is 16.5. The lowest BCUT2D eigenvalue weighted by molar-refractivity contribution is -0.174. The maximum Gasteiger partial charge on any atom is 0.405 e. The van der Waals surface area contributed by atoms with Gasteiger partial charge < -0.3 is 5.32 Å². The summed E-state index contributed by atoms with van der Waals surface area (Å²) in [5.74, 6) is 0. The van der Waals surface area contributed by atoms with Crippen LogP contribution in [-0.4, -0.2) is 53.3 Å². The fourth-order valence-electron chi connectivity index (χ4n) is 4.08. The van der Waals surface area contributed by atoms with Gasteiger partial charge in [-0.15, -0.1) is 5.10 Å². The molecule has 0 fully saturated rings. The zero-order chi connectivity index (χ0) is 25.1. The summed E-state index contributed by atoms with van der Waals surface area (Å²) >= 11 is 5.95. The van der Waals surface area contributed by atoms with Gasteiger partial charge in [-0.3, -0.25) is 9.58 Å². The van der Waals surface area contributed by atoms with Crippen molar-refractivity contribution < 1.29 is 26.7 Å². The van der Waals surface area contributed by atoms with E-state index in [1.807, 2.05) is 0 Å². The topological polar surface area (TPSA) is 106 Å². The molecule has 4 aromatic heterocycles. The van der Waals surface area contributed by atoms with E-state index < -0.39 is 42.0 Å². The number of aromatic nitrogens is 7. The molecule has 0 saturated heterocycles. The molecule has 0 spiro atoms. The Morgan fingerprint density at radius 2 is 2.00 bits per heavy atom. The molecule has 0 aromatic carbocycles. The van der Waals surface area contributed by atoms with Crippen LogP contribution in [0.15, 0.2) is 36.9 Å². The minimum Gasteiger partial charge on any atom is -0.306 e. The molecule has 1 N–H and O–H groups in total. The minimum absolute atomic E-state index is 0.0356. The summed E-state index contributed by atoms with van der Waals surface area (Å²) < 4.78 is 72.9. The SMILES string of the molecule is Cn1cc([C@]2(C(F)(F)F)CN(C(=O)Nc3cnnc(C(F)F)c3)c3cnc4cc(Cl)nn4c32)cn1. The van der Waals surface area contributed by atoms with Crippen molar-refractivity contribution in [3.05, 3.63) is 59.0 Å². The van der Waals surface area contributed by atoms with Crippen LogP contribution in [-0.2, 0) is 12.5 Å². The summed E-state index contributed by atoms with van der Waals surface area (Å²) in [6.07, 6.45) is -3.55. The predicted octanol–water partition coefficient (Wildman–Crippen LogP) is 3.74. The third kappa shape index (κ3) is 3.53. The third-order valence-corrected chi connectivity index (χ3v) is 5.78. The van der Waals surface area contributed by atoms with Crippen molar-refractivity contribution in [2.45, 2.75) is 18.0 Å². The van der Waals surface area contributed by atoms with Crippen LogP contribution in [0, 0.1) is 0 Å². The summed E-state index contributed by atoms with van der Waals surface area (Å²) in [4.78, 5) is 18.0. The second kappa shape index (κ2) is 7.83. The first kappa shape index (κ1) is 22.9. The maximum absolute atomic E-state index is 14.9. The van der Waals surface area contributed by atoms with E-state index in [1.165, 1.54) is 24.0 Å². The average Bonchev–Trinajstić information content (AvgIpc) is 3.47. The molecular formula is C19H13ClF5N9O. The van der Waals surface area contributed by atoms with Gasteiger partial charge in [0.15, 0.2) is 16.2 Å². The number of amides is 2. The predicted molar refractivity (Wildman–Crippen MR) is 111 cm³/mol. The fourth-order valence-corrected chi connectivity index (χ4v) is 4.25. The molecule has 5 heterocycles. The van der Waals surface area contributed by atoms with Crippen molar-refractivity contribution in [1.82, 2.24) is 34.6 Å². The van der Waals surface area contributed by atoms with Gasteiger partial charge in [-0.25, -0.2) is 23.1 Å². The molecule has 16 heteroatoms. The van der Waals surface area contributed by atoms with E-state index in [1.54, 1.807) is 0 Å². The third-order valence-electron chi connectivity index (χ3n) is 5.60. The van der Waals surface area contributed by atoms with Crippen LogP contribution < -0.4 is 10.2 Å². The quantitative estimate of drug-likeness (QED) is 0.418. The first-order valence-corrected chi connectivity index (χ1v) is 10.2. The lowest BCUT2D eigenvalue weighted by Crippen LogP contribution is -2.49. The zero-order valence-corrected chi connectivity index (χ0v) is 18.3. The molecule has 0 saturated carbocycles. The summed E-state index contributed by atoms with van der Waals surface area (Å²) in [6.45, 7) is -0.901. The maximum atomic E-state index is 14.9. The van der Waals surface area contributed by atoms with Crippen LogP contribution in [0.25, 0.3) is 5.65 Å². The van der Waals surface area contributed by atoms with Crippen molar-refractivity contribution in [2.75, 3.05) is 16.8 Å². The van der Waals surface area contributed by atoms with Crippen LogP contribution in [0.5, 0.6) is 0 Å². The summed E-state index contributed by atoms with van der Waals surface area (Å²) in [5, 5.41) is 16.7. The number of nitrogens with zero attached hydrogens (tertiary/aromatic N) is 8. The average molecular weight is 514 g/mol. The molecule has 35 heavy (non-hydrogen) atoms. The number of anilines is 2. The van der Waals surface area contributed by atoms with Crippen LogP contribution in [0.4, 0.5) is 38.1 Å². The van der Waals surface area contributed by atoms with Gasteiger partial charge in [0.2, 0.25) is 0 Å². The Bertz CT molecular complexity index is 1450. The van der Waals surface area contributed by atoms with E-state index in [0.717, 1.165) is 34.1 Å². The molecule has 182 valence electrons. The van der Waals surface area contributed by atoms with E-state index in [9.17, 15) is 26.7 Å². The van der Waals surface area contributed by atoms with Crippen molar-refractivity contribution in [2.24, 2.45) is 7.05 Å². The number of carbonyl (C=O) groups is 1. The fraction of sp³-hybridized carbons (Fsp3) is 0.263. The normalized spacial score (nSPS) is 17.9. The summed E-state index contributed by atoms with van der Waals surface area (Å²) in [6, 6.07) is 1.12. The standard InChI is InChI=1S/C19H13ClF5N9O/c1-32-7-9(4-28-32)18(19(23,24)25)8-33(12-6-26-14-3-13(20)31-34(14)15(12)18)17(35)29-10-2-11(16(21)22)30-27-5-10/h2-7,16H,8H2,1H3,(H,29,30,35)/t18-/m1/s1. The number of rotatable bonds is 3. The largest absolute Gasteiger partial charge is 0.405 e. The van der Waals surface area contributed by atoms with E-state index in [2.05, 4.69) is 30.7 Å². The van der Waals surface area contributed by atoms with Gasteiger partial charge in [-0.1, -0.05) is 11.6 Å². The number of urea groups is 1. The van der Waals surface area contributed by atoms with Gasteiger partial charge in [-0.05, 0) is 6.07 Å². The number of aryl methyl sites for hydroxylation is 1. The highest BCUT2D eigenvalue weighted by Gasteiger charge is 2.65. The Labute approximate surface area is 197 Å². The Morgan fingerprint density at radius 3 is 2.66 bits per heavy atom. The summed E-state index contributed by atoms with van der Waals surface area (Å²) in [7, 11) is 1.46. The van der Waals surface area contributed by atoms with Gasteiger partial charge in [0.05, 0.1) is 42.2 Å². The van der Waals surface area contributed by atoms with Crippen LogP contribution in [0.2, 0.25) is 5.15 Å². The molecule has 1 aliphatic rings. The van der Waals surface area contributed by atoms with Crippen LogP contribution in [0.3, 0.4) is 0 Å². The van der Waals surface area contributed by atoms with E-state index in [4.69, 9.17) is 11.6 Å². The summed E-state index contributed by atoms with van der Waals surface area (Å²) in [5.41, 5.74) is -4.45. The minimum atomic E-state index is -4.92. The molecule has 4 aromatic rings. The molecule has 1 aliphatic heterocycles. The molecule has 10 nitrogen and oxygen atoms in total. The van der Waals surface area contributed by atoms with Gasteiger partial charge >= 0.3 is 12.2 Å². The molecule has 0 unspecified atom stereocenters. The van der Waals surface area contributed by atoms with Gasteiger partial charge in [-0.2, -0.15) is 28.5 Å². The number of hydrogen-bond acceptors (Lipinski definition) is 6. The van der Waals surface area contributed by atoms with Crippen molar-refractivity contribution in [1.29, 1.82) is 0 Å². The molecule has 0 aliphatic carbocycles. The Kier molecular flexibility index (Phi) is 5.12. The number of hydrogen-bond donors (Lipinski definition) is 1. The Morgan fingerprint density at radius 1 is 1.23 bits per heavy atom. The molecule has 0 radical (unpaired) electrons. The molecule has 0 bridgehead atoms. The van der Waals surface area contributed by atoms with E-state index >= 15 is 0 Å². The van der Waals surface area contributed by atoms with Crippen LogP contribution >= 0.6 is 11.6 Å². The first-order valence-electron chi connectivity index (χ1n) is 9.81. The zero-order valence-electron chi connectivity index (χ0n) is 17.5. The molecule has 1 atom stereocenters. The van der Waals surface area contributed by atoms with Crippen molar-refractivity contribution in [3.8, 4) is 0 Å². The number of nitrogens with one attached hydrogen (secondary N) is 1. The van der Waals surface area contributed by atoms with E-state index in [0.29, 0.717) is 0 Å². The molecule has 5 rings (SSSR count). The van der Waals surface area contributed by atoms with E-state index in [-0.39, 0.29) is 27.7 Å². The lowest BCUT2D eigenvalue weighted by atomic mass is 9.79. The highest BCUT2D eigenvalue weighted by Crippen LogP contribution is 2.54. The Balaban J connectivity index is 1.68. The van der Waals surface area contributed by atoms with Crippen molar-refractivity contribution >= 4 is 34.7 Å². The van der Waals surface area contributed by atoms with Crippen molar-refractivity contribution in [3.63, 3.8) is 0 Å². The second-order valence-electron chi connectivity index (χ2n) is 7.72. The van der Waals surface area contributed by atoms with Gasteiger partial charge in [0, 0.05) is 24.9 Å². The molecule has 2 amide bonds. The highest BCUT2D eigenvalue weighted by atomic mass is 35.5. The highest BCUT2D eigenvalue weighted by molar-refractivity contribution is 6.29. The number of carbonyl (C=O) groups excluding carboxylic acids is 1. The van der Waals surface area contributed by atoms with Gasteiger partial charge in [0.25, 0.3) is 6.43 Å².